The Morgan fingerprint density at radius 2 is 1.87 bits per heavy atom. The number of nitrogens with one attached hydrogen (secondary N) is 1. The van der Waals surface area contributed by atoms with Crippen molar-refractivity contribution in [3.05, 3.63) is 41.7 Å². The molecule has 1 aliphatic heterocycles. The molecule has 1 aromatic carbocycles. The zero-order valence-electron chi connectivity index (χ0n) is 14.3. The molecule has 0 unspecified atom stereocenters. The Morgan fingerprint density at radius 1 is 1.09 bits per heavy atom. The number of aromatic nitrogens is 2. The maximum Gasteiger partial charge on any atom is 0.135 e. The van der Waals surface area contributed by atoms with E-state index in [0.29, 0.717) is 5.92 Å². The minimum absolute atomic E-state index is 0.473. The number of nitrogens with zero attached hydrogens (tertiary/aromatic N) is 3. The van der Waals surface area contributed by atoms with E-state index in [0.717, 1.165) is 24.7 Å². The van der Waals surface area contributed by atoms with Crippen LogP contribution in [0, 0.1) is 6.92 Å². The quantitative estimate of drug-likeness (QED) is 0.893. The average Bonchev–Trinajstić information content (AvgIpc) is 2.57. The third-order valence-electron chi connectivity index (χ3n) is 4.51. The Balaban J connectivity index is 1.86. The van der Waals surface area contributed by atoms with Crippen molar-refractivity contribution >= 4 is 17.3 Å². The van der Waals surface area contributed by atoms with Gasteiger partial charge in [0.1, 0.15) is 18.0 Å². The second kappa shape index (κ2) is 6.99. The number of para-hydroxylation sites is 1. The third-order valence-corrected chi connectivity index (χ3v) is 4.51. The molecule has 0 saturated carbocycles. The lowest BCUT2D eigenvalue weighted by Crippen LogP contribution is -2.30. The predicted molar refractivity (Wildman–Crippen MR) is 96.6 cm³/mol. The smallest absolute Gasteiger partial charge is 0.135 e. The first-order valence-corrected chi connectivity index (χ1v) is 8.58. The van der Waals surface area contributed by atoms with Gasteiger partial charge in [0.25, 0.3) is 0 Å². The van der Waals surface area contributed by atoms with Gasteiger partial charge in [0.2, 0.25) is 0 Å². The van der Waals surface area contributed by atoms with E-state index in [4.69, 9.17) is 0 Å². The lowest BCUT2D eigenvalue weighted by molar-refractivity contribution is 0.573. The van der Waals surface area contributed by atoms with E-state index in [1.54, 1.807) is 6.33 Å². The molecule has 4 heteroatoms. The number of anilines is 3. The minimum Gasteiger partial charge on any atom is -0.356 e. The molecule has 1 N–H and O–H groups in total. The Kier molecular flexibility index (Phi) is 4.79. The lowest BCUT2D eigenvalue weighted by Gasteiger charge is -2.27. The normalized spacial score (nSPS) is 15.0. The second-order valence-corrected chi connectivity index (χ2v) is 6.63. The molecule has 1 aromatic heterocycles. The van der Waals surface area contributed by atoms with Gasteiger partial charge in [-0.25, -0.2) is 9.97 Å². The third kappa shape index (κ3) is 3.63. The maximum absolute atomic E-state index is 4.46. The highest BCUT2D eigenvalue weighted by molar-refractivity contribution is 5.66. The molecule has 1 saturated heterocycles. The molecular weight excluding hydrogens is 284 g/mol. The first-order chi connectivity index (χ1) is 11.1. The van der Waals surface area contributed by atoms with Crippen molar-refractivity contribution in [1.29, 1.82) is 0 Å². The summed E-state index contributed by atoms with van der Waals surface area (Å²) in [4.78, 5) is 11.2. The Hall–Kier alpha value is -2.10. The van der Waals surface area contributed by atoms with Crippen LogP contribution in [-0.4, -0.2) is 23.1 Å². The summed E-state index contributed by atoms with van der Waals surface area (Å²) in [5.74, 6) is 2.37. The summed E-state index contributed by atoms with van der Waals surface area (Å²) in [5, 5.41) is 3.52. The molecule has 0 aliphatic carbocycles. The highest BCUT2D eigenvalue weighted by Gasteiger charge is 2.14. The summed E-state index contributed by atoms with van der Waals surface area (Å²) in [6.07, 6.45) is 5.50. The molecule has 1 fully saturated rings. The monoisotopic (exact) mass is 310 g/mol. The zero-order chi connectivity index (χ0) is 16.2. The molecule has 122 valence electrons. The van der Waals surface area contributed by atoms with Gasteiger partial charge in [-0.1, -0.05) is 32.0 Å². The fourth-order valence-electron chi connectivity index (χ4n) is 3.18. The van der Waals surface area contributed by atoms with Crippen molar-refractivity contribution < 1.29 is 0 Å². The van der Waals surface area contributed by atoms with Crippen LogP contribution in [0.15, 0.2) is 30.6 Å². The fourth-order valence-corrected chi connectivity index (χ4v) is 3.18. The van der Waals surface area contributed by atoms with Gasteiger partial charge in [-0.3, -0.25) is 0 Å². The molecule has 2 aromatic rings. The Morgan fingerprint density at radius 3 is 2.61 bits per heavy atom. The number of hydrogen-bond acceptors (Lipinski definition) is 4. The van der Waals surface area contributed by atoms with Crippen LogP contribution in [0.25, 0.3) is 0 Å². The van der Waals surface area contributed by atoms with Crippen LogP contribution in [0.2, 0.25) is 0 Å². The van der Waals surface area contributed by atoms with E-state index in [9.17, 15) is 0 Å². The molecule has 0 amide bonds. The van der Waals surface area contributed by atoms with E-state index in [-0.39, 0.29) is 0 Å². The molecule has 3 rings (SSSR count). The number of aryl methyl sites for hydroxylation is 1. The van der Waals surface area contributed by atoms with Gasteiger partial charge >= 0.3 is 0 Å². The van der Waals surface area contributed by atoms with Gasteiger partial charge in [-0.2, -0.15) is 0 Å². The molecule has 1 aliphatic rings. The van der Waals surface area contributed by atoms with Gasteiger partial charge in [0.15, 0.2) is 0 Å². The molecule has 0 atom stereocenters. The van der Waals surface area contributed by atoms with Crippen LogP contribution in [0.5, 0.6) is 0 Å². The molecule has 0 spiro atoms. The van der Waals surface area contributed by atoms with Crippen molar-refractivity contribution in [2.75, 3.05) is 23.3 Å². The van der Waals surface area contributed by atoms with Gasteiger partial charge < -0.3 is 10.2 Å². The molecule has 23 heavy (non-hydrogen) atoms. The molecule has 2 heterocycles. The van der Waals surface area contributed by atoms with Gasteiger partial charge in [0, 0.05) is 24.8 Å². The largest absolute Gasteiger partial charge is 0.356 e. The predicted octanol–water partition coefficient (Wildman–Crippen LogP) is 4.64. The van der Waals surface area contributed by atoms with Gasteiger partial charge in [-0.15, -0.1) is 0 Å². The number of rotatable bonds is 4. The average molecular weight is 310 g/mol. The van der Waals surface area contributed by atoms with E-state index >= 15 is 0 Å². The maximum atomic E-state index is 4.46. The summed E-state index contributed by atoms with van der Waals surface area (Å²) >= 11 is 0. The SMILES string of the molecule is Cc1cccc(C(C)C)c1Nc1cc(N2CCCCC2)ncn1. The van der Waals surface area contributed by atoms with Crippen molar-refractivity contribution in [1.82, 2.24) is 9.97 Å². The Labute approximate surface area is 139 Å². The number of hydrogen-bond donors (Lipinski definition) is 1. The van der Waals surface area contributed by atoms with Gasteiger partial charge in [0.05, 0.1) is 0 Å². The summed E-state index contributed by atoms with van der Waals surface area (Å²) in [5.41, 5.74) is 3.74. The van der Waals surface area contributed by atoms with Crippen LogP contribution in [0.1, 0.15) is 50.2 Å². The molecular formula is C19H26N4. The van der Waals surface area contributed by atoms with E-state index < -0.39 is 0 Å². The van der Waals surface area contributed by atoms with Crippen molar-refractivity contribution in [3.63, 3.8) is 0 Å². The minimum atomic E-state index is 0.473. The summed E-state index contributed by atoms with van der Waals surface area (Å²) < 4.78 is 0. The first kappa shape index (κ1) is 15.8. The summed E-state index contributed by atoms with van der Waals surface area (Å²) in [6, 6.07) is 8.52. The van der Waals surface area contributed by atoms with E-state index in [2.05, 4.69) is 65.2 Å². The van der Waals surface area contributed by atoms with Crippen molar-refractivity contribution in [3.8, 4) is 0 Å². The summed E-state index contributed by atoms with van der Waals surface area (Å²) in [7, 11) is 0. The highest BCUT2D eigenvalue weighted by Crippen LogP contribution is 2.30. The molecule has 0 radical (unpaired) electrons. The lowest BCUT2D eigenvalue weighted by atomic mass is 9.98. The highest BCUT2D eigenvalue weighted by atomic mass is 15.2. The topological polar surface area (TPSA) is 41.0 Å². The fraction of sp³-hybridized carbons (Fsp3) is 0.474. The van der Waals surface area contributed by atoms with Crippen LogP contribution in [-0.2, 0) is 0 Å². The second-order valence-electron chi connectivity index (χ2n) is 6.63. The molecule has 0 bridgehead atoms. The van der Waals surface area contributed by atoms with Crippen LogP contribution in [0.3, 0.4) is 0 Å². The summed E-state index contributed by atoms with van der Waals surface area (Å²) in [6.45, 7) is 8.77. The van der Waals surface area contributed by atoms with Gasteiger partial charge in [-0.05, 0) is 43.2 Å². The van der Waals surface area contributed by atoms with E-state index in [1.165, 1.54) is 36.1 Å². The van der Waals surface area contributed by atoms with Crippen LogP contribution < -0.4 is 10.2 Å². The van der Waals surface area contributed by atoms with Crippen LogP contribution in [0.4, 0.5) is 17.3 Å². The van der Waals surface area contributed by atoms with E-state index in [1.807, 2.05) is 0 Å². The standard InChI is InChI=1S/C19H26N4/c1-14(2)16-9-7-8-15(3)19(16)22-17-12-18(21-13-20-17)23-10-5-4-6-11-23/h7-9,12-14H,4-6,10-11H2,1-3H3,(H,20,21,22). The van der Waals surface area contributed by atoms with Crippen molar-refractivity contribution in [2.24, 2.45) is 0 Å². The Bertz CT molecular complexity index is 660. The molecule has 4 nitrogen and oxygen atoms in total. The first-order valence-electron chi connectivity index (χ1n) is 8.58. The van der Waals surface area contributed by atoms with Crippen LogP contribution >= 0.6 is 0 Å². The van der Waals surface area contributed by atoms with Crippen molar-refractivity contribution in [2.45, 2.75) is 46.0 Å². The number of benzene rings is 1. The zero-order valence-corrected chi connectivity index (χ0v) is 14.3. The number of piperidine rings is 1.